The number of hydrogen-bond acceptors (Lipinski definition) is 7. The summed E-state index contributed by atoms with van der Waals surface area (Å²) in [6, 6.07) is 8.21. The summed E-state index contributed by atoms with van der Waals surface area (Å²) in [6.45, 7) is 3.40. The second kappa shape index (κ2) is 13.8. The summed E-state index contributed by atoms with van der Waals surface area (Å²) in [4.78, 5) is 46.9. The predicted molar refractivity (Wildman–Crippen MR) is 107 cm³/mol. The van der Waals surface area contributed by atoms with E-state index in [0.717, 1.165) is 5.56 Å². The Balaban J connectivity index is 2.44. The second-order valence-corrected chi connectivity index (χ2v) is 7.30. The van der Waals surface area contributed by atoms with E-state index in [4.69, 9.17) is 9.47 Å². The maximum Gasteiger partial charge on any atom is 0.408 e. The molecule has 0 aliphatic rings. The number of benzene rings is 1. The third-order valence-corrected chi connectivity index (χ3v) is 4.59. The van der Waals surface area contributed by atoms with Crippen molar-refractivity contribution in [3.05, 3.63) is 35.9 Å². The van der Waals surface area contributed by atoms with Crippen molar-refractivity contribution in [2.75, 3.05) is 12.4 Å². The Morgan fingerprint density at radius 1 is 1.07 bits per heavy atom. The number of rotatable bonds is 12. The van der Waals surface area contributed by atoms with Gasteiger partial charge in [0.25, 0.3) is 0 Å². The first-order chi connectivity index (χ1) is 13.4. The largest absolute Gasteiger partial charge is 0.464 e. The molecule has 1 atom stereocenters. The summed E-state index contributed by atoms with van der Waals surface area (Å²) in [5, 5.41) is 2.49. The number of esters is 1. The molecule has 0 unspecified atom stereocenters. The van der Waals surface area contributed by atoms with Gasteiger partial charge in [0, 0.05) is 25.5 Å². The Morgan fingerprint density at radius 2 is 1.79 bits per heavy atom. The summed E-state index contributed by atoms with van der Waals surface area (Å²) in [5.74, 6) is -0.0381. The van der Waals surface area contributed by atoms with Crippen LogP contribution < -0.4 is 5.32 Å². The number of ether oxygens (including phenoxy) is 2. The van der Waals surface area contributed by atoms with Crippen molar-refractivity contribution in [2.24, 2.45) is 0 Å². The van der Waals surface area contributed by atoms with Gasteiger partial charge in [-0.3, -0.25) is 9.59 Å². The lowest BCUT2D eigenvalue weighted by molar-refractivity contribution is -0.145. The fourth-order valence-electron chi connectivity index (χ4n) is 2.31. The average Bonchev–Trinajstić information content (AvgIpc) is 2.67. The molecule has 1 N–H and O–H groups in total. The second-order valence-electron chi connectivity index (χ2n) is 6.03. The highest BCUT2D eigenvalue weighted by Gasteiger charge is 2.23. The summed E-state index contributed by atoms with van der Waals surface area (Å²) in [6.07, 6.45) is 0.450. The number of alkyl carbamates (subject to hydrolysis) is 1. The van der Waals surface area contributed by atoms with Gasteiger partial charge >= 0.3 is 12.1 Å². The van der Waals surface area contributed by atoms with Gasteiger partial charge in [-0.05, 0) is 25.3 Å². The quantitative estimate of drug-likeness (QED) is 0.418. The van der Waals surface area contributed by atoms with Gasteiger partial charge in [0.2, 0.25) is 0 Å². The van der Waals surface area contributed by atoms with Crippen molar-refractivity contribution in [1.29, 1.82) is 0 Å². The van der Waals surface area contributed by atoms with Crippen LogP contribution in [0, 0.1) is 0 Å². The number of thioether (sulfide) groups is 1. The molecule has 0 aliphatic heterocycles. The molecule has 0 bridgehead atoms. The third-order valence-electron chi connectivity index (χ3n) is 3.69. The maximum absolute atomic E-state index is 12.1. The molecule has 8 heteroatoms. The van der Waals surface area contributed by atoms with Crippen LogP contribution in [0.1, 0.15) is 45.1 Å². The van der Waals surface area contributed by atoms with E-state index in [1.807, 2.05) is 30.3 Å². The minimum absolute atomic E-state index is 0.0213. The Morgan fingerprint density at radius 3 is 2.43 bits per heavy atom. The molecule has 1 aromatic rings. The number of Topliss-reactive ketones (excluding diaryl/α,β-unsaturated/α-hetero) is 1. The predicted octanol–water partition coefficient (Wildman–Crippen LogP) is 3.25. The number of ketones is 1. The van der Waals surface area contributed by atoms with Crippen LogP contribution in [0.4, 0.5) is 4.79 Å². The molecular weight excluding hydrogens is 382 g/mol. The number of amides is 1. The molecule has 0 heterocycles. The van der Waals surface area contributed by atoms with Crippen molar-refractivity contribution >= 4 is 34.7 Å². The fraction of sp³-hybridized carbons (Fsp3) is 0.500. The van der Waals surface area contributed by atoms with E-state index in [9.17, 15) is 19.2 Å². The molecule has 0 fully saturated rings. The summed E-state index contributed by atoms with van der Waals surface area (Å²) in [5.41, 5.74) is 0.823. The highest BCUT2D eigenvalue weighted by molar-refractivity contribution is 8.13. The standard InChI is InChI=1S/C20H27NO6S/c1-3-26-19(24)18(12-11-17(23)10-7-13-28-15(2)22)21-20(25)27-14-16-8-5-4-6-9-16/h4-6,8-9,18H,3,7,10-14H2,1-2H3,(H,21,25)/t18-/m0/s1. The van der Waals surface area contributed by atoms with Crippen LogP contribution in [-0.4, -0.2) is 41.4 Å². The average molecular weight is 410 g/mol. The van der Waals surface area contributed by atoms with Gasteiger partial charge in [0.1, 0.15) is 18.4 Å². The summed E-state index contributed by atoms with van der Waals surface area (Å²) < 4.78 is 10.1. The zero-order valence-corrected chi connectivity index (χ0v) is 17.1. The Kier molecular flexibility index (Phi) is 11.6. The zero-order valence-electron chi connectivity index (χ0n) is 16.3. The van der Waals surface area contributed by atoms with Crippen molar-refractivity contribution in [3.8, 4) is 0 Å². The molecule has 1 aromatic carbocycles. The molecule has 0 radical (unpaired) electrons. The lowest BCUT2D eigenvalue weighted by atomic mass is 10.1. The molecule has 1 amide bonds. The van der Waals surface area contributed by atoms with Gasteiger partial charge < -0.3 is 14.8 Å². The van der Waals surface area contributed by atoms with E-state index in [1.165, 1.54) is 18.7 Å². The smallest absolute Gasteiger partial charge is 0.408 e. The van der Waals surface area contributed by atoms with Crippen LogP contribution >= 0.6 is 11.8 Å². The first-order valence-corrected chi connectivity index (χ1v) is 10.2. The van der Waals surface area contributed by atoms with Crippen molar-refractivity contribution in [2.45, 2.75) is 52.2 Å². The number of carbonyl (C=O) groups is 4. The van der Waals surface area contributed by atoms with Crippen LogP contribution in [0.25, 0.3) is 0 Å². The topological polar surface area (TPSA) is 98.8 Å². The summed E-state index contributed by atoms with van der Waals surface area (Å²) >= 11 is 1.18. The minimum Gasteiger partial charge on any atom is -0.464 e. The van der Waals surface area contributed by atoms with E-state index in [1.54, 1.807) is 6.92 Å². The first-order valence-electron chi connectivity index (χ1n) is 9.21. The van der Waals surface area contributed by atoms with Gasteiger partial charge in [-0.1, -0.05) is 42.1 Å². The monoisotopic (exact) mass is 409 g/mol. The van der Waals surface area contributed by atoms with Crippen LogP contribution in [0.3, 0.4) is 0 Å². The van der Waals surface area contributed by atoms with E-state index in [-0.39, 0.29) is 37.0 Å². The normalized spacial score (nSPS) is 11.4. The highest BCUT2D eigenvalue weighted by atomic mass is 32.2. The molecule has 7 nitrogen and oxygen atoms in total. The highest BCUT2D eigenvalue weighted by Crippen LogP contribution is 2.09. The Labute approximate surface area is 169 Å². The molecule has 0 saturated heterocycles. The van der Waals surface area contributed by atoms with E-state index < -0.39 is 18.1 Å². The Hall–Kier alpha value is -2.35. The van der Waals surface area contributed by atoms with Crippen LogP contribution in [-0.2, 0) is 30.5 Å². The van der Waals surface area contributed by atoms with Gasteiger partial charge in [-0.2, -0.15) is 0 Å². The first kappa shape index (κ1) is 23.7. The van der Waals surface area contributed by atoms with Gasteiger partial charge in [0.05, 0.1) is 6.61 Å². The fourth-order valence-corrected chi connectivity index (χ4v) is 2.89. The molecule has 0 aliphatic carbocycles. The maximum atomic E-state index is 12.1. The molecule has 154 valence electrons. The van der Waals surface area contributed by atoms with E-state index >= 15 is 0 Å². The molecule has 1 rings (SSSR count). The van der Waals surface area contributed by atoms with Crippen LogP contribution in [0.5, 0.6) is 0 Å². The number of carbonyl (C=O) groups excluding carboxylic acids is 4. The Bertz CT molecular complexity index is 649. The van der Waals surface area contributed by atoms with Gasteiger partial charge in [-0.15, -0.1) is 0 Å². The van der Waals surface area contributed by atoms with Crippen LogP contribution in [0.15, 0.2) is 30.3 Å². The molecule has 0 spiro atoms. The number of nitrogens with one attached hydrogen (secondary N) is 1. The van der Waals surface area contributed by atoms with E-state index in [2.05, 4.69) is 5.32 Å². The van der Waals surface area contributed by atoms with Crippen molar-refractivity contribution in [1.82, 2.24) is 5.32 Å². The molecular formula is C20H27NO6S. The number of hydrogen-bond donors (Lipinski definition) is 1. The van der Waals surface area contributed by atoms with E-state index in [0.29, 0.717) is 18.6 Å². The lowest BCUT2D eigenvalue weighted by Gasteiger charge is -2.17. The van der Waals surface area contributed by atoms with Crippen molar-refractivity contribution < 1.29 is 28.7 Å². The van der Waals surface area contributed by atoms with Gasteiger partial charge in [-0.25, -0.2) is 9.59 Å². The minimum atomic E-state index is -0.946. The molecule has 0 saturated carbocycles. The van der Waals surface area contributed by atoms with Crippen molar-refractivity contribution in [3.63, 3.8) is 0 Å². The third kappa shape index (κ3) is 10.7. The zero-order chi connectivity index (χ0) is 20.8. The van der Waals surface area contributed by atoms with Crippen LogP contribution in [0.2, 0.25) is 0 Å². The molecule has 28 heavy (non-hydrogen) atoms. The summed E-state index contributed by atoms with van der Waals surface area (Å²) in [7, 11) is 0. The SMILES string of the molecule is CCOC(=O)[C@H](CCC(=O)CCCSC(C)=O)NC(=O)OCc1ccccc1. The molecule has 0 aromatic heterocycles. The van der Waals surface area contributed by atoms with Gasteiger partial charge in [0.15, 0.2) is 5.12 Å². The lowest BCUT2D eigenvalue weighted by Crippen LogP contribution is -2.42.